The molecule has 0 saturated heterocycles. The second-order valence-corrected chi connectivity index (χ2v) is 20.5. The average Bonchev–Trinajstić information content (AvgIpc) is 3.36. The fraction of sp³-hybridized carbons (Fsp3) is 0.857. The molecule has 0 aliphatic carbocycles. The molecule has 0 aromatic rings. The molecule has 74 heavy (non-hydrogen) atoms. The molecule has 0 bridgehead atoms. The van der Waals surface area contributed by atoms with E-state index in [0.717, 1.165) is 38.5 Å². The largest absolute Gasteiger partial charge is 0.370 e. The van der Waals surface area contributed by atoms with Gasteiger partial charge in [0.15, 0.2) is 11.9 Å². The Morgan fingerprint density at radius 2 is 0.730 bits per heavy atom. The lowest BCUT2D eigenvalue weighted by Gasteiger charge is -2.24. The van der Waals surface area contributed by atoms with Crippen molar-refractivity contribution in [2.75, 3.05) is 39.3 Å². The van der Waals surface area contributed by atoms with Gasteiger partial charge in [-0.05, 0) is 38.5 Å². The van der Waals surface area contributed by atoms with Crippen LogP contribution in [0.25, 0.3) is 0 Å². The maximum atomic E-state index is 13.7. The number of carbonyl (C=O) groups excluding carboxylic acids is 6. The maximum Gasteiger partial charge on any atom is 0.243 e. The molecule has 0 heterocycles. The van der Waals surface area contributed by atoms with Crippen LogP contribution in [-0.2, 0) is 28.8 Å². The van der Waals surface area contributed by atoms with E-state index in [2.05, 4.69) is 45.1 Å². The smallest absolute Gasteiger partial charge is 0.243 e. The van der Waals surface area contributed by atoms with Gasteiger partial charge in [0.1, 0.15) is 12.1 Å². The van der Waals surface area contributed by atoms with Crippen LogP contribution in [0.15, 0.2) is 9.98 Å². The number of nitrogens with two attached hydrogens (primary N) is 5. The lowest BCUT2D eigenvalue weighted by atomic mass is 10.0. The van der Waals surface area contributed by atoms with Gasteiger partial charge < -0.3 is 54.8 Å². The number of nitrogens with one attached hydrogen (secondary N) is 4. The molecule has 0 fully saturated rings. The van der Waals surface area contributed by atoms with Gasteiger partial charge in [0.25, 0.3) is 0 Å². The Bertz CT molecular complexity index is 1460. The average molecular weight is 1050 g/mol. The number of rotatable bonds is 53. The van der Waals surface area contributed by atoms with Crippen LogP contribution in [0.3, 0.4) is 0 Å². The van der Waals surface area contributed by atoms with Gasteiger partial charge in [0.2, 0.25) is 35.4 Å². The first kappa shape index (κ1) is 69.4. The monoisotopic (exact) mass is 1050 g/mol. The second-order valence-electron chi connectivity index (χ2n) is 20.5. The summed E-state index contributed by atoms with van der Waals surface area (Å²) in [6.07, 6.45) is 38.9. The van der Waals surface area contributed by atoms with Crippen molar-refractivity contribution in [2.24, 2.45) is 38.7 Å². The zero-order chi connectivity index (χ0) is 54.7. The van der Waals surface area contributed by atoms with E-state index in [0.29, 0.717) is 25.7 Å². The molecular weight excluding hydrogens is 937 g/mol. The molecule has 0 aromatic carbocycles. The maximum absolute atomic E-state index is 13.7. The van der Waals surface area contributed by atoms with E-state index in [9.17, 15) is 28.8 Å². The van der Waals surface area contributed by atoms with E-state index < -0.39 is 29.8 Å². The van der Waals surface area contributed by atoms with Gasteiger partial charge >= 0.3 is 0 Å². The van der Waals surface area contributed by atoms with E-state index in [1.807, 2.05) is 0 Å². The van der Waals surface area contributed by atoms with Crippen molar-refractivity contribution in [3.8, 4) is 0 Å². The minimum Gasteiger partial charge on any atom is -0.370 e. The third-order valence-electron chi connectivity index (χ3n) is 13.5. The summed E-state index contributed by atoms with van der Waals surface area (Å²) in [6.45, 7) is 5.79. The highest BCUT2D eigenvalue weighted by Crippen LogP contribution is 2.16. The summed E-state index contributed by atoms with van der Waals surface area (Å²) in [7, 11) is 0. The SMILES string of the molecule is CCCCCCCCCCCCCCCCCC(=O)NCCN(CCNC(=O)CCCCCCCCCCCCCCCCC)C(=O)CCC(=O)N[C@@H](CCCN=C(N)N)C(=O)N[C@@H](CCCN=C(N)N)C(N)=O. The molecule has 2 atom stereocenters. The van der Waals surface area contributed by atoms with Crippen molar-refractivity contribution in [1.29, 1.82) is 0 Å². The van der Waals surface area contributed by atoms with Crippen molar-refractivity contribution < 1.29 is 28.8 Å². The van der Waals surface area contributed by atoms with Crippen molar-refractivity contribution >= 4 is 47.4 Å². The van der Waals surface area contributed by atoms with E-state index in [4.69, 9.17) is 28.7 Å². The molecule has 430 valence electrons. The predicted molar refractivity (Wildman–Crippen MR) is 304 cm³/mol. The molecule has 0 unspecified atom stereocenters. The number of guanidine groups is 2. The van der Waals surface area contributed by atoms with Gasteiger partial charge in [0.05, 0.1) is 0 Å². The van der Waals surface area contributed by atoms with Crippen molar-refractivity contribution in [2.45, 2.75) is 270 Å². The minimum atomic E-state index is -1.08. The number of primary amides is 1. The number of aliphatic imine (C=N–C) groups is 2. The van der Waals surface area contributed by atoms with Gasteiger partial charge in [-0.25, -0.2) is 0 Å². The van der Waals surface area contributed by atoms with Gasteiger partial charge in [-0.3, -0.25) is 38.8 Å². The van der Waals surface area contributed by atoms with Crippen LogP contribution in [0.5, 0.6) is 0 Å². The van der Waals surface area contributed by atoms with E-state index in [-0.39, 0.29) is 94.6 Å². The summed E-state index contributed by atoms with van der Waals surface area (Å²) in [4.78, 5) is 87.6. The van der Waals surface area contributed by atoms with E-state index in [1.54, 1.807) is 4.90 Å². The van der Waals surface area contributed by atoms with Crippen molar-refractivity contribution in [3.05, 3.63) is 0 Å². The molecule has 0 spiro atoms. The van der Waals surface area contributed by atoms with Gasteiger partial charge in [-0.1, -0.05) is 194 Å². The summed E-state index contributed by atoms with van der Waals surface area (Å²) in [5.41, 5.74) is 27.3. The Kier molecular flexibility index (Phi) is 47.3. The van der Waals surface area contributed by atoms with Crippen LogP contribution in [0.2, 0.25) is 0 Å². The number of hydrogen-bond donors (Lipinski definition) is 9. The summed E-state index contributed by atoms with van der Waals surface area (Å²) in [6, 6.07) is -2.12. The Labute approximate surface area is 448 Å². The van der Waals surface area contributed by atoms with Crippen molar-refractivity contribution in [1.82, 2.24) is 26.2 Å². The zero-order valence-corrected chi connectivity index (χ0v) is 46.9. The minimum absolute atomic E-state index is 0.0697. The van der Waals surface area contributed by atoms with Crippen molar-refractivity contribution in [3.63, 3.8) is 0 Å². The molecule has 18 nitrogen and oxygen atoms in total. The highest BCUT2D eigenvalue weighted by Gasteiger charge is 2.26. The molecule has 6 amide bonds. The van der Waals surface area contributed by atoms with Gasteiger partial charge in [-0.15, -0.1) is 0 Å². The summed E-state index contributed by atoms with van der Waals surface area (Å²) in [5.74, 6) is -2.65. The van der Waals surface area contributed by atoms with Crippen LogP contribution in [0, 0.1) is 0 Å². The molecule has 0 aliphatic rings. The summed E-state index contributed by atoms with van der Waals surface area (Å²) >= 11 is 0. The lowest BCUT2D eigenvalue weighted by molar-refractivity contribution is -0.135. The topological polar surface area (TPSA) is 309 Å². The van der Waals surface area contributed by atoms with E-state index >= 15 is 0 Å². The lowest BCUT2D eigenvalue weighted by Crippen LogP contribution is -2.53. The van der Waals surface area contributed by atoms with Crippen LogP contribution in [0.4, 0.5) is 0 Å². The summed E-state index contributed by atoms with van der Waals surface area (Å²) in [5, 5.41) is 11.2. The standard InChI is InChI=1S/C56H110N12O6/c1-3-5-7-9-11-13-15-17-19-21-23-25-27-29-31-37-49(69)62-43-45-68(46-44-63-50(70)38-32-30-28-26-24-22-20-18-16-14-12-10-8-6-4-2)52(72)40-39-51(71)66-48(36-34-42-65-56(60)61)54(74)67-47(53(57)73)35-33-41-64-55(58)59/h47-48H,3-46H2,1-2H3,(H2,57,73)(H,62,69)(H,63,70)(H,66,71)(H,67,74)(H4,58,59,64)(H4,60,61,65)/t47-,48-/m0/s1. The Balaban J connectivity index is 5.14. The number of hydrogen-bond acceptors (Lipinski definition) is 8. The highest BCUT2D eigenvalue weighted by molar-refractivity contribution is 5.92. The van der Waals surface area contributed by atoms with E-state index in [1.165, 1.54) is 154 Å². The molecular formula is C56H110N12O6. The predicted octanol–water partition coefficient (Wildman–Crippen LogP) is 7.91. The first-order chi connectivity index (χ1) is 35.8. The molecule has 0 radical (unpaired) electrons. The third-order valence-corrected chi connectivity index (χ3v) is 13.5. The molecule has 0 saturated carbocycles. The Morgan fingerprint density at radius 1 is 0.392 bits per heavy atom. The van der Waals surface area contributed by atoms with Gasteiger partial charge in [0, 0.05) is 65.0 Å². The van der Waals surface area contributed by atoms with Crippen LogP contribution >= 0.6 is 0 Å². The Hall–Kier alpha value is -4.64. The molecule has 0 aromatic heterocycles. The molecule has 0 aliphatic heterocycles. The second kappa shape index (κ2) is 50.5. The number of carbonyl (C=O) groups is 6. The first-order valence-electron chi connectivity index (χ1n) is 29.6. The first-order valence-corrected chi connectivity index (χ1v) is 29.6. The number of unbranched alkanes of at least 4 members (excludes halogenated alkanes) is 28. The molecule has 0 rings (SSSR count). The zero-order valence-electron chi connectivity index (χ0n) is 46.9. The third kappa shape index (κ3) is 45.9. The quantitative estimate of drug-likeness (QED) is 0.0161. The van der Waals surface area contributed by atoms with Crippen LogP contribution in [0.1, 0.15) is 258 Å². The summed E-state index contributed by atoms with van der Waals surface area (Å²) < 4.78 is 0. The Morgan fingerprint density at radius 3 is 1.07 bits per heavy atom. The number of nitrogens with zero attached hydrogens (tertiary/aromatic N) is 3. The van der Waals surface area contributed by atoms with Gasteiger partial charge in [-0.2, -0.15) is 0 Å². The van der Waals surface area contributed by atoms with Crippen LogP contribution in [-0.4, -0.2) is 104 Å². The highest BCUT2D eigenvalue weighted by atomic mass is 16.2. The molecule has 14 N–H and O–H groups in total. The fourth-order valence-corrected chi connectivity index (χ4v) is 8.99. The molecule has 18 heteroatoms. The van der Waals surface area contributed by atoms with Crippen LogP contribution < -0.4 is 49.9 Å². The normalized spacial score (nSPS) is 11.8. The number of amides is 6. The fourth-order valence-electron chi connectivity index (χ4n) is 8.99.